The first-order valence-corrected chi connectivity index (χ1v) is 7.92. The zero-order chi connectivity index (χ0) is 12.6. The van der Waals surface area contributed by atoms with Crippen LogP contribution in [0.15, 0.2) is 0 Å². The van der Waals surface area contributed by atoms with E-state index in [1.54, 1.807) is 0 Å². The molecule has 0 atom stereocenters. The van der Waals surface area contributed by atoms with Gasteiger partial charge in [-0.25, -0.2) is 0 Å². The summed E-state index contributed by atoms with van der Waals surface area (Å²) < 4.78 is 0. The Morgan fingerprint density at radius 2 is 1.56 bits per heavy atom. The predicted molar refractivity (Wildman–Crippen MR) is 75.7 cm³/mol. The Morgan fingerprint density at radius 3 is 2.17 bits per heavy atom. The standard InChI is InChI=1S/C15H30N2O/c18-13-12-17-10-6-15(7-11-17)3-1-2-14-4-8-16-9-5-14/h14-16,18H,1-13H2. The molecule has 0 radical (unpaired) electrons. The second kappa shape index (κ2) is 8.13. The molecule has 3 nitrogen and oxygen atoms in total. The number of likely N-dealkylation sites (tertiary alicyclic amines) is 1. The third-order valence-corrected chi connectivity index (χ3v) is 4.81. The second-order valence-corrected chi connectivity index (χ2v) is 6.13. The van der Waals surface area contributed by atoms with Crippen molar-refractivity contribution in [3.8, 4) is 0 Å². The smallest absolute Gasteiger partial charge is 0.0558 e. The fourth-order valence-corrected chi connectivity index (χ4v) is 3.51. The number of hydrogen-bond donors (Lipinski definition) is 2. The largest absolute Gasteiger partial charge is 0.395 e. The van der Waals surface area contributed by atoms with E-state index in [4.69, 9.17) is 5.11 Å². The van der Waals surface area contributed by atoms with Gasteiger partial charge in [0, 0.05) is 6.54 Å². The SMILES string of the molecule is OCCN1CCC(CCCC2CCNCC2)CC1. The quantitative estimate of drug-likeness (QED) is 0.759. The highest BCUT2D eigenvalue weighted by molar-refractivity contribution is 4.74. The minimum absolute atomic E-state index is 0.320. The highest BCUT2D eigenvalue weighted by Crippen LogP contribution is 2.25. The summed E-state index contributed by atoms with van der Waals surface area (Å²) >= 11 is 0. The molecule has 0 unspecified atom stereocenters. The Kier molecular flexibility index (Phi) is 6.46. The third-order valence-electron chi connectivity index (χ3n) is 4.81. The molecule has 2 heterocycles. The summed E-state index contributed by atoms with van der Waals surface area (Å²) in [5.74, 6) is 1.96. The molecule has 2 saturated heterocycles. The van der Waals surface area contributed by atoms with Gasteiger partial charge in [-0.2, -0.15) is 0 Å². The molecule has 3 heteroatoms. The zero-order valence-corrected chi connectivity index (χ0v) is 11.7. The molecule has 0 aliphatic carbocycles. The zero-order valence-electron chi connectivity index (χ0n) is 11.7. The molecule has 2 aliphatic heterocycles. The van der Waals surface area contributed by atoms with Crippen LogP contribution in [0.3, 0.4) is 0 Å². The van der Waals surface area contributed by atoms with Gasteiger partial charge in [0.1, 0.15) is 0 Å². The molecule has 106 valence electrons. The van der Waals surface area contributed by atoms with E-state index in [2.05, 4.69) is 10.2 Å². The highest BCUT2D eigenvalue weighted by atomic mass is 16.3. The van der Waals surface area contributed by atoms with Crippen LogP contribution in [0, 0.1) is 11.8 Å². The predicted octanol–water partition coefficient (Wildman–Crippen LogP) is 1.86. The molecule has 0 saturated carbocycles. The number of β-amino-alcohol motifs (C(OH)–C–C–N with tert-alkyl or cyclic N) is 1. The number of hydrogen-bond acceptors (Lipinski definition) is 3. The van der Waals surface area contributed by atoms with Crippen LogP contribution in [0.4, 0.5) is 0 Å². The lowest BCUT2D eigenvalue weighted by Gasteiger charge is -2.31. The normalized spacial score (nSPS) is 24.5. The molecule has 18 heavy (non-hydrogen) atoms. The second-order valence-electron chi connectivity index (χ2n) is 6.13. The number of rotatable bonds is 6. The minimum Gasteiger partial charge on any atom is -0.395 e. The van der Waals surface area contributed by atoms with Gasteiger partial charge in [0.2, 0.25) is 0 Å². The van der Waals surface area contributed by atoms with Crippen molar-refractivity contribution in [2.24, 2.45) is 11.8 Å². The Morgan fingerprint density at radius 1 is 0.944 bits per heavy atom. The number of aliphatic hydroxyl groups excluding tert-OH is 1. The summed E-state index contributed by atoms with van der Waals surface area (Å²) in [6.45, 7) is 6.09. The van der Waals surface area contributed by atoms with Crippen LogP contribution < -0.4 is 5.32 Å². The molecule has 2 aliphatic rings. The summed E-state index contributed by atoms with van der Waals surface area (Å²) in [5.41, 5.74) is 0. The van der Waals surface area contributed by atoms with Gasteiger partial charge in [0.05, 0.1) is 6.61 Å². The number of nitrogens with one attached hydrogen (secondary N) is 1. The van der Waals surface area contributed by atoms with E-state index in [1.807, 2.05) is 0 Å². The average Bonchev–Trinajstić information content (AvgIpc) is 2.42. The molecule has 0 aromatic carbocycles. The van der Waals surface area contributed by atoms with E-state index in [1.165, 1.54) is 71.1 Å². The molecule has 0 bridgehead atoms. The number of nitrogens with zero attached hydrogens (tertiary/aromatic N) is 1. The van der Waals surface area contributed by atoms with E-state index >= 15 is 0 Å². The van der Waals surface area contributed by atoms with Crippen molar-refractivity contribution in [3.63, 3.8) is 0 Å². The molecule has 0 aromatic heterocycles. The molecule has 0 aromatic rings. The van der Waals surface area contributed by atoms with Gasteiger partial charge in [-0.3, -0.25) is 0 Å². The summed E-state index contributed by atoms with van der Waals surface area (Å²) in [7, 11) is 0. The van der Waals surface area contributed by atoms with E-state index in [9.17, 15) is 0 Å². The lowest BCUT2D eigenvalue weighted by atomic mass is 9.87. The van der Waals surface area contributed by atoms with Crippen LogP contribution in [0.1, 0.15) is 44.9 Å². The molecule has 0 spiro atoms. The maximum absolute atomic E-state index is 8.92. The minimum atomic E-state index is 0.320. The van der Waals surface area contributed by atoms with Crippen LogP contribution in [-0.4, -0.2) is 49.3 Å². The van der Waals surface area contributed by atoms with Gasteiger partial charge in [0.15, 0.2) is 0 Å². The first-order valence-electron chi connectivity index (χ1n) is 7.92. The highest BCUT2D eigenvalue weighted by Gasteiger charge is 2.19. The molecule has 0 amide bonds. The van der Waals surface area contributed by atoms with E-state index in [0.717, 1.165) is 18.4 Å². The van der Waals surface area contributed by atoms with Gasteiger partial charge in [-0.05, 0) is 63.7 Å². The third kappa shape index (κ3) is 4.87. The Labute approximate surface area is 112 Å². The first kappa shape index (κ1) is 14.3. The van der Waals surface area contributed by atoms with Crippen molar-refractivity contribution in [1.29, 1.82) is 0 Å². The van der Waals surface area contributed by atoms with Crippen molar-refractivity contribution in [1.82, 2.24) is 10.2 Å². The lowest BCUT2D eigenvalue weighted by Crippen LogP contribution is -2.35. The fourth-order valence-electron chi connectivity index (χ4n) is 3.51. The molecule has 2 N–H and O–H groups in total. The summed E-state index contributed by atoms with van der Waals surface area (Å²) in [5, 5.41) is 12.4. The Bertz CT molecular complexity index is 209. The molecule has 2 rings (SSSR count). The number of aliphatic hydroxyl groups is 1. The number of piperidine rings is 2. The van der Waals surface area contributed by atoms with Crippen molar-refractivity contribution in [3.05, 3.63) is 0 Å². The van der Waals surface area contributed by atoms with Crippen molar-refractivity contribution in [2.75, 3.05) is 39.3 Å². The molecular weight excluding hydrogens is 224 g/mol. The van der Waals surface area contributed by atoms with E-state index in [0.29, 0.717) is 6.61 Å². The van der Waals surface area contributed by atoms with Gasteiger partial charge in [-0.1, -0.05) is 19.3 Å². The van der Waals surface area contributed by atoms with E-state index in [-0.39, 0.29) is 0 Å². The van der Waals surface area contributed by atoms with Gasteiger partial charge in [0.25, 0.3) is 0 Å². The van der Waals surface area contributed by atoms with Crippen molar-refractivity contribution in [2.45, 2.75) is 44.9 Å². The van der Waals surface area contributed by atoms with Crippen molar-refractivity contribution >= 4 is 0 Å². The van der Waals surface area contributed by atoms with Crippen LogP contribution in [0.2, 0.25) is 0 Å². The lowest BCUT2D eigenvalue weighted by molar-refractivity contribution is 0.142. The van der Waals surface area contributed by atoms with Crippen LogP contribution in [0.25, 0.3) is 0 Å². The first-order chi connectivity index (χ1) is 8.88. The van der Waals surface area contributed by atoms with E-state index < -0.39 is 0 Å². The van der Waals surface area contributed by atoms with Gasteiger partial charge < -0.3 is 15.3 Å². The maximum atomic E-state index is 8.92. The van der Waals surface area contributed by atoms with Crippen LogP contribution in [0.5, 0.6) is 0 Å². The van der Waals surface area contributed by atoms with Crippen LogP contribution in [-0.2, 0) is 0 Å². The monoisotopic (exact) mass is 254 g/mol. The summed E-state index contributed by atoms with van der Waals surface area (Å²) in [6.07, 6.45) is 9.84. The fraction of sp³-hybridized carbons (Fsp3) is 1.00. The van der Waals surface area contributed by atoms with Crippen molar-refractivity contribution < 1.29 is 5.11 Å². The Hall–Kier alpha value is -0.120. The van der Waals surface area contributed by atoms with Gasteiger partial charge >= 0.3 is 0 Å². The molecule has 2 fully saturated rings. The Balaban J connectivity index is 1.52. The van der Waals surface area contributed by atoms with Gasteiger partial charge in [-0.15, -0.1) is 0 Å². The average molecular weight is 254 g/mol. The van der Waals surface area contributed by atoms with Crippen LogP contribution >= 0.6 is 0 Å². The summed E-state index contributed by atoms with van der Waals surface area (Å²) in [6, 6.07) is 0. The summed E-state index contributed by atoms with van der Waals surface area (Å²) in [4.78, 5) is 2.41. The topological polar surface area (TPSA) is 35.5 Å². The molecular formula is C15H30N2O. The maximum Gasteiger partial charge on any atom is 0.0558 e.